The standard InChI is InChI=1S/C10H19N3O2/c1-3-13(10(14)8-4-5-8)6-7(2)9(11)12-15/h7-8,15H,3-6H2,1-2H3,(H2,11,12). The highest BCUT2D eigenvalue weighted by atomic mass is 16.4. The first-order valence-corrected chi connectivity index (χ1v) is 5.36. The van der Waals surface area contributed by atoms with Crippen LogP contribution >= 0.6 is 0 Å². The van der Waals surface area contributed by atoms with Gasteiger partial charge >= 0.3 is 0 Å². The Morgan fingerprint density at radius 3 is 2.67 bits per heavy atom. The number of hydrogen-bond donors (Lipinski definition) is 2. The maximum atomic E-state index is 11.8. The van der Waals surface area contributed by atoms with E-state index in [1.807, 2.05) is 13.8 Å². The van der Waals surface area contributed by atoms with E-state index in [4.69, 9.17) is 10.9 Å². The lowest BCUT2D eigenvalue weighted by Gasteiger charge is -2.23. The van der Waals surface area contributed by atoms with E-state index in [1.54, 1.807) is 4.90 Å². The van der Waals surface area contributed by atoms with Gasteiger partial charge in [-0.05, 0) is 19.8 Å². The van der Waals surface area contributed by atoms with E-state index in [-0.39, 0.29) is 23.6 Å². The molecule has 5 heteroatoms. The molecule has 1 rings (SSSR count). The number of rotatable bonds is 5. The summed E-state index contributed by atoms with van der Waals surface area (Å²) in [5.74, 6) is 0.509. The summed E-state index contributed by atoms with van der Waals surface area (Å²) >= 11 is 0. The third-order valence-electron chi connectivity index (χ3n) is 2.73. The highest BCUT2D eigenvalue weighted by molar-refractivity contribution is 5.84. The van der Waals surface area contributed by atoms with E-state index in [2.05, 4.69) is 5.16 Å². The zero-order valence-electron chi connectivity index (χ0n) is 9.31. The summed E-state index contributed by atoms with van der Waals surface area (Å²) in [7, 11) is 0. The Kier molecular flexibility index (Phi) is 3.94. The smallest absolute Gasteiger partial charge is 0.225 e. The van der Waals surface area contributed by atoms with Crippen molar-refractivity contribution in [2.45, 2.75) is 26.7 Å². The van der Waals surface area contributed by atoms with Gasteiger partial charge in [-0.2, -0.15) is 0 Å². The van der Waals surface area contributed by atoms with Gasteiger partial charge in [0.2, 0.25) is 5.91 Å². The number of carbonyl (C=O) groups excluding carboxylic acids is 1. The van der Waals surface area contributed by atoms with Crippen LogP contribution in [-0.4, -0.2) is 34.9 Å². The highest BCUT2D eigenvalue weighted by Gasteiger charge is 2.33. The number of nitrogens with two attached hydrogens (primary N) is 1. The fourth-order valence-electron chi connectivity index (χ4n) is 1.49. The van der Waals surface area contributed by atoms with Gasteiger partial charge in [0.25, 0.3) is 0 Å². The molecule has 1 unspecified atom stereocenters. The normalized spacial score (nSPS) is 18.7. The summed E-state index contributed by atoms with van der Waals surface area (Å²) < 4.78 is 0. The summed E-state index contributed by atoms with van der Waals surface area (Å²) in [5, 5.41) is 11.5. The molecule has 1 fully saturated rings. The molecule has 1 amide bonds. The molecule has 3 N–H and O–H groups in total. The molecule has 5 nitrogen and oxygen atoms in total. The molecule has 0 aromatic carbocycles. The topological polar surface area (TPSA) is 78.9 Å². The lowest BCUT2D eigenvalue weighted by Crippen LogP contribution is -2.39. The lowest BCUT2D eigenvalue weighted by molar-refractivity contribution is -0.132. The fourth-order valence-corrected chi connectivity index (χ4v) is 1.49. The van der Waals surface area contributed by atoms with Crippen molar-refractivity contribution in [1.82, 2.24) is 4.90 Å². The van der Waals surface area contributed by atoms with Crippen molar-refractivity contribution in [1.29, 1.82) is 0 Å². The van der Waals surface area contributed by atoms with Crippen LogP contribution in [0.15, 0.2) is 5.16 Å². The maximum Gasteiger partial charge on any atom is 0.225 e. The van der Waals surface area contributed by atoms with Crippen molar-refractivity contribution in [3.63, 3.8) is 0 Å². The Balaban J connectivity index is 2.48. The summed E-state index contributed by atoms with van der Waals surface area (Å²) in [6.07, 6.45) is 2.01. The minimum Gasteiger partial charge on any atom is -0.409 e. The van der Waals surface area contributed by atoms with Crippen LogP contribution in [0.25, 0.3) is 0 Å². The van der Waals surface area contributed by atoms with Crippen molar-refractivity contribution >= 4 is 11.7 Å². The number of carbonyl (C=O) groups is 1. The van der Waals surface area contributed by atoms with E-state index < -0.39 is 0 Å². The van der Waals surface area contributed by atoms with Crippen molar-refractivity contribution in [2.75, 3.05) is 13.1 Å². The Labute approximate surface area is 89.9 Å². The molecular formula is C10H19N3O2. The van der Waals surface area contributed by atoms with Crippen molar-refractivity contribution in [3.05, 3.63) is 0 Å². The zero-order valence-corrected chi connectivity index (χ0v) is 9.31. The summed E-state index contributed by atoms with van der Waals surface area (Å²) in [6, 6.07) is 0. The Morgan fingerprint density at radius 2 is 2.27 bits per heavy atom. The van der Waals surface area contributed by atoms with Gasteiger partial charge in [-0.3, -0.25) is 4.79 Å². The van der Waals surface area contributed by atoms with E-state index in [1.165, 1.54) is 0 Å². The van der Waals surface area contributed by atoms with Crippen molar-refractivity contribution < 1.29 is 10.0 Å². The lowest BCUT2D eigenvalue weighted by atomic mass is 10.1. The van der Waals surface area contributed by atoms with Crippen LogP contribution < -0.4 is 5.73 Å². The highest BCUT2D eigenvalue weighted by Crippen LogP contribution is 2.31. The molecule has 1 atom stereocenters. The van der Waals surface area contributed by atoms with Gasteiger partial charge in [0.05, 0.1) is 0 Å². The molecule has 0 aromatic heterocycles. The average molecular weight is 213 g/mol. The molecule has 0 bridgehead atoms. The molecule has 0 aromatic rings. The van der Waals surface area contributed by atoms with Crippen molar-refractivity contribution in [3.8, 4) is 0 Å². The third-order valence-corrected chi connectivity index (χ3v) is 2.73. The van der Waals surface area contributed by atoms with E-state index in [0.29, 0.717) is 13.1 Å². The predicted octanol–water partition coefficient (Wildman–Crippen LogP) is 0.627. The SMILES string of the molecule is CCN(CC(C)C(N)=NO)C(=O)C1CC1. The number of hydrogen-bond acceptors (Lipinski definition) is 3. The van der Waals surface area contributed by atoms with E-state index in [9.17, 15) is 4.79 Å². The zero-order chi connectivity index (χ0) is 11.4. The third kappa shape index (κ3) is 3.11. The van der Waals surface area contributed by atoms with Crippen LogP contribution in [0.2, 0.25) is 0 Å². The maximum absolute atomic E-state index is 11.8. The molecule has 0 saturated heterocycles. The minimum absolute atomic E-state index is 0.0994. The van der Waals surface area contributed by atoms with Crippen LogP contribution in [0.3, 0.4) is 0 Å². The quantitative estimate of drug-likeness (QED) is 0.304. The van der Waals surface area contributed by atoms with Gasteiger partial charge < -0.3 is 15.8 Å². The largest absolute Gasteiger partial charge is 0.409 e. The molecule has 1 saturated carbocycles. The van der Waals surface area contributed by atoms with Crippen molar-refractivity contribution in [2.24, 2.45) is 22.7 Å². The second-order valence-electron chi connectivity index (χ2n) is 4.08. The molecular weight excluding hydrogens is 194 g/mol. The van der Waals surface area contributed by atoms with Gasteiger partial charge in [0.15, 0.2) is 0 Å². The first-order chi connectivity index (χ1) is 7.10. The van der Waals surface area contributed by atoms with E-state index >= 15 is 0 Å². The van der Waals surface area contributed by atoms with Crippen LogP contribution in [0.1, 0.15) is 26.7 Å². The summed E-state index contributed by atoms with van der Waals surface area (Å²) in [4.78, 5) is 13.5. The predicted molar refractivity (Wildman–Crippen MR) is 57.6 cm³/mol. The summed E-state index contributed by atoms with van der Waals surface area (Å²) in [5.41, 5.74) is 5.47. The number of nitrogens with zero attached hydrogens (tertiary/aromatic N) is 2. The monoisotopic (exact) mass is 213 g/mol. The number of amides is 1. The molecule has 1 aliphatic rings. The minimum atomic E-state index is -0.0994. The van der Waals surface area contributed by atoms with Gasteiger partial charge in [-0.15, -0.1) is 0 Å². The first-order valence-electron chi connectivity index (χ1n) is 5.36. The van der Waals surface area contributed by atoms with Gasteiger partial charge in [0, 0.05) is 24.9 Å². The van der Waals surface area contributed by atoms with Gasteiger partial charge in [-0.1, -0.05) is 12.1 Å². The summed E-state index contributed by atoms with van der Waals surface area (Å²) in [6.45, 7) is 5.00. The van der Waals surface area contributed by atoms with Crippen LogP contribution in [0, 0.1) is 11.8 Å². The van der Waals surface area contributed by atoms with Crippen LogP contribution in [0.4, 0.5) is 0 Å². The molecule has 0 spiro atoms. The molecule has 1 aliphatic carbocycles. The first kappa shape index (κ1) is 11.8. The van der Waals surface area contributed by atoms with Gasteiger partial charge in [-0.25, -0.2) is 0 Å². The Morgan fingerprint density at radius 1 is 1.67 bits per heavy atom. The molecule has 0 radical (unpaired) electrons. The van der Waals surface area contributed by atoms with Crippen LogP contribution in [-0.2, 0) is 4.79 Å². The fraction of sp³-hybridized carbons (Fsp3) is 0.800. The Hall–Kier alpha value is -1.26. The molecule has 86 valence electrons. The number of amidine groups is 1. The van der Waals surface area contributed by atoms with Gasteiger partial charge in [0.1, 0.15) is 5.84 Å². The molecule has 0 heterocycles. The second-order valence-corrected chi connectivity index (χ2v) is 4.08. The Bertz CT molecular complexity index is 261. The second kappa shape index (κ2) is 5.00. The molecule has 15 heavy (non-hydrogen) atoms. The number of oxime groups is 1. The molecule has 0 aliphatic heterocycles. The van der Waals surface area contributed by atoms with E-state index in [0.717, 1.165) is 12.8 Å². The average Bonchev–Trinajstić information content (AvgIpc) is 3.06. The van der Waals surface area contributed by atoms with Crippen LogP contribution in [0.5, 0.6) is 0 Å².